The van der Waals surface area contributed by atoms with Crippen LogP contribution in [0.15, 0.2) is 145 Å². The Hall–Kier alpha value is -5.46. The summed E-state index contributed by atoms with van der Waals surface area (Å²) in [7, 11) is 0. The summed E-state index contributed by atoms with van der Waals surface area (Å²) in [6, 6.07) is 1.37. The molecule has 0 amide bonds. The van der Waals surface area contributed by atoms with Gasteiger partial charge in [0, 0.05) is 0 Å². The Balaban J connectivity index is 1.31. The molecule has 0 unspecified atom stereocenters. The molecule has 0 heteroatoms. The second-order valence-electron chi connectivity index (χ2n) is 10.3. The predicted molar refractivity (Wildman–Crippen MR) is 182 cm³/mol. The average molecular weight is 547 g/mol. The first kappa shape index (κ1) is 11.4. The number of rotatable bonds is 2. The minimum Gasteiger partial charge on any atom is -0.0610 e. The van der Waals surface area contributed by atoms with Gasteiger partial charge in [-0.15, -0.1) is 0 Å². The van der Waals surface area contributed by atoms with Gasteiger partial charge in [0.1, 0.15) is 0 Å². The van der Waals surface area contributed by atoms with Gasteiger partial charge >= 0.3 is 0 Å². The van der Waals surface area contributed by atoms with Crippen LogP contribution in [0.3, 0.4) is 0 Å². The fourth-order valence-electron chi connectivity index (χ4n) is 6.12. The summed E-state index contributed by atoms with van der Waals surface area (Å²) in [5.41, 5.74) is 0.681. The van der Waals surface area contributed by atoms with E-state index in [1.807, 2.05) is 0 Å². The van der Waals surface area contributed by atoms with E-state index in [4.69, 9.17) is 19.2 Å². The minimum atomic E-state index is -0.570. The van der Waals surface area contributed by atoms with Crippen molar-refractivity contribution in [3.05, 3.63) is 145 Å². The molecule has 0 saturated heterocycles. The highest BCUT2D eigenvalue weighted by Crippen LogP contribution is 2.42. The lowest BCUT2D eigenvalue weighted by Gasteiger charge is -2.15. The molecule has 10 aromatic rings. The SMILES string of the molecule is [2H]c1c([2H])c2c([2H])c([2H])c3c([2H])c([2H])c(-c4ccc5ccc(-c6c([2H])c([2H])c7c([2H])c([2H])c8c([2H])c([2H])c([2H])c9c([2H])c([2H])c6c7c89)cc5c4)c4c([2H])c([2H])c(c1[2H])c2c34. The smallest absolute Gasteiger partial charge is 0.0610 e. The summed E-state index contributed by atoms with van der Waals surface area (Å²) < 4.78 is 160. The minimum absolute atomic E-state index is 0.00625. The second kappa shape index (κ2) is 8.06. The number of hydrogen-bond donors (Lipinski definition) is 0. The Morgan fingerprint density at radius 3 is 1.14 bits per heavy atom. The topological polar surface area (TPSA) is 0 Å². The standard InChI is InChI=1S/C42H24/c1-3-26-9-11-30-15-19-35(37-21-17-28(5-1)39(26)41(30)37)32-13-7-25-8-14-33(24-34(25)23-32)36-20-16-31-12-10-27-4-2-6-29-18-22-38(36)42(31)40(27)29/h1-24H/i1D,2D,3D,4D,5D,6D,9D,10D,11D,12D,15D,16D,17D,18D,19D,20D,21D,22D. The van der Waals surface area contributed by atoms with Gasteiger partial charge in [-0.2, -0.15) is 0 Å². The van der Waals surface area contributed by atoms with E-state index in [1.54, 1.807) is 36.4 Å². The van der Waals surface area contributed by atoms with Crippen molar-refractivity contribution in [2.24, 2.45) is 0 Å². The molecule has 192 valence electrons. The Morgan fingerprint density at radius 1 is 0.310 bits per heavy atom. The predicted octanol–water partition coefficient (Wildman–Crippen LogP) is 12.0. The van der Waals surface area contributed by atoms with E-state index in [-0.39, 0.29) is 75.8 Å². The van der Waals surface area contributed by atoms with Gasteiger partial charge in [0.25, 0.3) is 0 Å². The summed E-state index contributed by atoms with van der Waals surface area (Å²) >= 11 is 0. The van der Waals surface area contributed by atoms with E-state index in [1.165, 1.54) is 0 Å². The van der Waals surface area contributed by atoms with Gasteiger partial charge in [-0.25, -0.2) is 0 Å². The molecule has 10 aromatic carbocycles. The highest BCUT2D eigenvalue weighted by Gasteiger charge is 2.14. The zero-order valence-corrected chi connectivity index (χ0v) is 21.5. The first-order valence-electron chi connectivity index (χ1n) is 22.2. The lowest BCUT2D eigenvalue weighted by Crippen LogP contribution is -1.88. The van der Waals surface area contributed by atoms with Crippen molar-refractivity contribution in [3.8, 4) is 22.3 Å². The van der Waals surface area contributed by atoms with E-state index >= 15 is 0 Å². The third kappa shape index (κ3) is 2.96. The third-order valence-corrected chi connectivity index (χ3v) is 8.04. The van der Waals surface area contributed by atoms with E-state index in [0.717, 1.165) is 0 Å². The van der Waals surface area contributed by atoms with E-state index in [9.17, 15) is 5.48 Å². The summed E-state index contributed by atoms with van der Waals surface area (Å²) in [5, 5.41) is 0.323. The number of hydrogen-bond acceptors (Lipinski definition) is 0. The molecule has 0 heterocycles. The lowest BCUT2D eigenvalue weighted by atomic mass is 9.88. The molecular weight excluding hydrogens is 504 g/mol. The quantitative estimate of drug-likeness (QED) is 0.189. The summed E-state index contributed by atoms with van der Waals surface area (Å²) in [6.07, 6.45) is 0. The second-order valence-corrected chi connectivity index (χ2v) is 10.3. The van der Waals surface area contributed by atoms with Crippen LogP contribution < -0.4 is 0 Å². The van der Waals surface area contributed by atoms with Crippen molar-refractivity contribution in [2.45, 2.75) is 0 Å². The Kier molecular flexibility index (Phi) is 2.19. The molecule has 0 aliphatic heterocycles. The van der Waals surface area contributed by atoms with Crippen LogP contribution >= 0.6 is 0 Å². The van der Waals surface area contributed by atoms with E-state index in [0.29, 0.717) is 21.9 Å². The van der Waals surface area contributed by atoms with Crippen LogP contribution in [-0.4, -0.2) is 0 Å². The maximum Gasteiger partial charge on any atom is 0.0630 e. The zero-order valence-electron chi connectivity index (χ0n) is 39.5. The highest BCUT2D eigenvalue weighted by atomic mass is 14.2. The van der Waals surface area contributed by atoms with Crippen molar-refractivity contribution >= 4 is 75.4 Å². The molecule has 0 N–H and O–H groups in total. The normalized spacial score (nSPS) is 18.3. The maximum absolute atomic E-state index is 9.22. The molecule has 0 nitrogen and oxygen atoms in total. The molecule has 0 bridgehead atoms. The summed E-state index contributed by atoms with van der Waals surface area (Å²) in [4.78, 5) is 0. The van der Waals surface area contributed by atoms with Gasteiger partial charge in [0.15, 0.2) is 0 Å². The van der Waals surface area contributed by atoms with Crippen molar-refractivity contribution in [1.29, 1.82) is 0 Å². The van der Waals surface area contributed by atoms with Crippen LogP contribution in [0.1, 0.15) is 24.7 Å². The maximum atomic E-state index is 9.22. The number of benzene rings is 10. The molecule has 0 saturated carbocycles. The van der Waals surface area contributed by atoms with Crippen molar-refractivity contribution in [2.75, 3.05) is 0 Å². The van der Waals surface area contributed by atoms with Crippen molar-refractivity contribution in [3.63, 3.8) is 0 Å². The van der Waals surface area contributed by atoms with Crippen LogP contribution in [0.2, 0.25) is 0 Å². The van der Waals surface area contributed by atoms with Crippen LogP contribution in [-0.2, 0) is 0 Å². The van der Waals surface area contributed by atoms with E-state index < -0.39 is 109 Å². The molecule has 0 radical (unpaired) electrons. The Morgan fingerprint density at radius 2 is 0.690 bits per heavy atom. The van der Waals surface area contributed by atoms with Gasteiger partial charge in [-0.3, -0.25) is 0 Å². The molecule has 0 atom stereocenters. The van der Waals surface area contributed by atoms with E-state index in [2.05, 4.69) is 0 Å². The molecule has 0 aromatic heterocycles. The summed E-state index contributed by atoms with van der Waals surface area (Å²) in [5.74, 6) is 0. The van der Waals surface area contributed by atoms with Gasteiger partial charge in [0.2, 0.25) is 0 Å². The van der Waals surface area contributed by atoms with Crippen LogP contribution in [0.4, 0.5) is 0 Å². The monoisotopic (exact) mass is 546 g/mol. The van der Waals surface area contributed by atoms with Gasteiger partial charge in [0.05, 0.1) is 24.7 Å². The third-order valence-electron chi connectivity index (χ3n) is 8.04. The first-order valence-corrected chi connectivity index (χ1v) is 13.2. The zero-order chi connectivity index (χ0) is 43.0. The van der Waals surface area contributed by atoms with Crippen molar-refractivity contribution < 1.29 is 24.7 Å². The van der Waals surface area contributed by atoms with Crippen LogP contribution in [0, 0.1) is 0 Å². The lowest BCUT2D eigenvalue weighted by molar-refractivity contribution is 1.68. The largest absolute Gasteiger partial charge is 0.0630 e. The molecule has 10 rings (SSSR count). The molecule has 42 heavy (non-hydrogen) atoms. The molecule has 0 spiro atoms. The van der Waals surface area contributed by atoms with Crippen molar-refractivity contribution in [1.82, 2.24) is 0 Å². The molecule has 0 fully saturated rings. The fraction of sp³-hybridized carbons (Fsp3) is 0. The molecular formula is C42H24. The van der Waals surface area contributed by atoms with Crippen LogP contribution in [0.5, 0.6) is 0 Å². The van der Waals surface area contributed by atoms with Gasteiger partial charge in [-0.1, -0.05) is 133 Å². The van der Waals surface area contributed by atoms with Crippen LogP contribution in [0.25, 0.3) is 97.7 Å². The highest BCUT2D eigenvalue weighted by molar-refractivity contribution is 6.27. The average Bonchev–Trinajstić information content (AvgIpc) is 3.22. The molecule has 0 aliphatic rings. The fourth-order valence-corrected chi connectivity index (χ4v) is 6.12. The Bertz CT molecular complexity index is 3400. The summed E-state index contributed by atoms with van der Waals surface area (Å²) in [6.45, 7) is 0. The molecule has 0 aliphatic carbocycles. The van der Waals surface area contributed by atoms with Gasteiger partial charge < -0.3 is 0 Å². The van der Waals surface area contributed by atoms with Gasteiger partial charge in [-0.05, 0) is 110 Å². The first-order chi connectivity index (χ1) is 28.3. The Labute approximate surface area is 268 Å². The number of fused-ring (bicyclic) bond motifs is 1.